The van der Waals surface area contributed by atoms with Gasteiger partial charge in [0.05, 0.1) is 5.92 Å². The van der Waals surface area contributed by atoms with E-state index in [1.165, 1.54) is 0 Å². The first-order valence-electron chi connectivity index (χ1n) is 5.25. The summed E-state index contributed by atoms with van der Waals surface area (Å²) in [6.45, 7) is 1.43. The highest BCUT2D eigenvalue weighted by atomic mass is 79.9. The van der Waals surface area contributed by atoms with Crippen molar-refractivity contribution in [3.63, 3.8) is 0 Å². The van der Waals surface area contributed by atoms with Gasteiger partial charge in [0.15, 0.2) is 0 Å². The third-order valence-corrected chi connectivity index (χ3v) is 3.85. The molecule has 1 aromatic rings. The zero-order valence-corrected chi connectivity index (χ0v) is 10.6. The van der Waals surface area contributed by atoms with E-state index in [-0.39, 0.29) is 11.8 Å². The number of carbonyl (C=O) groups is 1. The summed E-state index contributed by atoms with van der Waals surface area (Å²) in [7, 11) is 1.97. The summed E-state index contributed by atoms with van der Waals surface area (Å²) in [5.74, 6) is -0.924. The molecule has 1 aromatic carbocycles. The molecule has 0 amide bonds. The third-order valence-electron chi connectivity index (χ3n) is 3.12. The van der Waals surface area contributed by atoms with Crippen molar-refractivity contribution >= 4 is 21.9 Å². The van der Waals surface area contributed by atoms with Crippen LogP contribution in [0.4, 0.5) is 0 Å². The van der Waals surface area contributed by atoms with Crippen molar-refractivity contribution < 1.29 is 9.90 Å². The number of likely N-dealkylation sites (tertiary alicyclic amines) is 1. The van der Waals surface area contributed by atoms with E-state index in [0.717, 1.165) is 16.6 Å². The Balaban J connectivity index is 2.33. The molecule has 2 atom stereocenters. The standard InChI is InChI=1S/C12H14BrNO2/c1-14-6-9(10(7-14)12(15)16)8-4-2-3-5-11(8)13/h2-5,9-10H,6-7H2,1H3,(H,15,16). The Bertz CT molecular complexity index is 408. The van der Waals surface area contributed by atoms with E-state index >= 15 is 0 Å². The van der Waals surface area contributed by atoms with Gasteiger partial charge >= 0.3 is 5.97 Å². The molecule has 1 fully saturated rings. The molecule has 1 heterocycles. The molecule has 2 unspecified atom stereocenters. The van der Waals surface area contributed by atoms with Crippen LogP contribution in [0, 0.1) is 5.92 Å². The molecule has 1 aliphatic rings. The number of halogens is 1. The van der Waals surface area contributed by atoms with E-state index in [0.29, 0.717) is 6.54 Å². The summed E-state index contributed by atoms with van der Waals surface area (Å²) in [5.41, 5.74) is 1.10. The number of rotatable bonds is 2. The van der Waals surface area contributed by atoms with Crippen molar-refractivity contribution in [2.45, 2.75) is 5.92 Å². The third kappa shape index (κ3) is 2.13. The Labute approximate surface area is 103 Å². The van der Waals surface area contributed by atoms with Crippen molar-refractivity contribution in [2.75, 3.05) is 20.1 Å². The second-order valence-corrected chi connectivity index (χ2v) is 5.15. The van der Waals surface area contributed by atoms with Crippen molar-refractivity contribution in [2.24, 2.45) is 5.92 Å². The molecule has 1 N–H and O–H groups in total. The summed E-state index contributed by atoms with van der Waals surface area (Å²) >= 11 is 3.49. The Morgan fingerprint density at radius 1 is 1.44 bits per heavy atom. The van der Waals surface area contributed by atoms with Gasteiger partial charge in [-0.1, -0.05) is 34.1 Å². The second-order valence-electron chi connectivity index (χ2n) is 4.29. The molecule has 4 heteroatoms. The van der Waals surface area contributed by atoms with Crippen LogP contribution in [-0.2, 0) is 4.79 Å². The molecule has 1 aliphatic heterocycles. The Morgan fingerprint density at radius 3 is 2.75 bits per heavy atom. The van der Waals surface area contributed by atoms with Gasteiger partial charge in [0.25, 0.3) is 0 Å². The van der Waals surface area contributed by atoms with Crippen LogP contribution in [0.5, 0.6) is 0 Å². The number of carboxylic acid groups (broad SMARTS) is 1. The van der Waals surface area contributed by atoms with Gasteiger partial charge in [0, 0.05) is 23.5 Å². The van der Waals surface area contributed by atoms with Crippen molar-refractivity contribution in [3.8, 4) is 0 Å². The number of benzene rings is 1. The number of aliphatic carboxylic acids is 1. The first-order chi connectivity index (χ1) is 7.59. The number of carboxylic acids is 1. The first-order valence-corrected chi connectivity index (χ1v) is 6.04. The molecule has 0 spiro atoms. The number of likely N-dealkylation sites (N-methyl/N-ethyl adjacent to an activating group) is 1. The second kappa shape index (κ2) is 4.55. The summed E-state index contributed by atoms with van der Waals surface area (Å²) in [4.78, 5) is 13.3. The predicted octanol–water partition coefficient (Wildman–Crippen LogP) is 2.18. The summed E-state index contributed by atoms with van der Waals surface area (Å²) in [6.07, 6.45) is 0. The maximum absolute atomic E-state index is 11.2. The fourth-order valence-corrected chi connectivity index (χ4v) is 2.92. The fourth-order valence-electron chi connectivity index (χ4n) is 2.34. The van der Waals surface area contributed by atoms with Crippen LogP contribution in [-0.4, -0.2) is 36.1 Å². The van der Waals surface area contributed by atoms with Crippen molar-refractivity contribution in [1.82, 2.24) is 4.90 Å². The lowest BCUT2D eigenvalue weighted by molar-refractivity contribution is -0.141. The lowest BCUT2D eigenvalue weighted by Gasteiger charge is -2.16. The van der Waals surface area contributed by atoms with E-state index in [9.17, 15) is 9.90 Å². The summed E-state index contributed by atoms with van der Waals surface area (Å²) < 4.78 is 1.00. The average molecular weight is 284 g/mol. The highest BCUT2D eigenvalue weighted by Gasteiger charge is 2.37. The van der Waals surface area contributed by atoms with Crippen LogP contribution < -0.4 is 0 Å². The van der Waals surface area contributed by atoms with Crippen LogP contribution in [0.15, 0.2) is 28.7 Å². The molecule has 86 valence electrons. The molecular formula is C12H14BrNO2. The van der Waals surface area contributed by atoms with Crippen LogP contribution in [0.1, 0.15) is 11.5 Å². The topological polar surface area (TPSA) is 40.5 Å². The molecule has 0 aliphatic carbocycles. The highest BCUT2D eigenvalue weighted by Crippen LogP contribution is 2.35. The minimum absolute atomic E-state index is 0.0816. The molecule has 16 heavy (non-hydrogen) atoms. The monoisotopic (exact) mass is 283 g/mol. The Hall–Kier alpha value is -0.870. The van der Waals surface area contributed by atoms with E-state index in [1.54, 1.807) is 0 Å². The Kier molecular flexibility index (Phi) is 3.30. The molecule has 2 rings (SSSR count). The van der Waals surface area contributed by atoms with Gasteiger partial charge in [-0.15, -0.1) is 0 Å². The van der Waals surface area contributed by atoms with E-state index in [2.05, 4.69) is 20.8 Å². The molecule has 0 saturated carbocycles. The smallest absolute Gasteiger partial charge is 0.308 e. The quantitative estimate of drug-likeness (QED) is 0.905. The molecule has 1 saturated heterocycles. The maximum atomic E-state index is 11.2. The van der Waals surface area contributed by atoms with Crippen molar-refractivity contribution in [1.29, 1.82) is 0 Å². The number of hydrogen-bond donors (Lipinski definition) is 1. The summed E-state index contributed by atoms with van der Waals surface area (Å²) in [5, 5.41) is 9.21. The molecule has 0 bridgehead atoms. The van der Waals surface area contributed by atoms with Gasteiger partial charge in [-0.2, -0.15) is 0 Å². The lowest BCUT2D eigenvalue weighted by atomic mass is 9.89. The van der Waals surface area contributed by atoms with Gasteiger partial charge in [0.1, 0.15) is 0 Å². The molecule has 0 radical (unpaired) electrons. The van der Waals surface area contributed by atoms with Crippen LogP contribution in [0.25, 0.3) is 0 Å². The predicted molar refractivity (Wildman–Crippen MR) is 65.5 cm³/mol. The molecule has 0 aromatic heterocycles. The SMILES string of the molecule is CN1CC(C(=O)O)C(c2ccccc2Br)C1. The molecule has 3 nitrogen and oxygen atoms in total. The zero-order chi connectivity index (χ0) is 11.7. The van der Waals surface area contributed by atoms with Gasteiger partial charge < -0.3 is 10.0 Å². The van der Waals surface area contributed by atoms with Crippen LogP contribution in [0.2, 0.25) is 0 Å². The van der Waals surface area contributed by atoms with Gasteiger partial charge in [-0.3, -0.25) is 4.79 Å². The Morgan fingerprint density at radius 2 is 2.12 bits per heavy atom. The zero-order valence-electron chi connectivity index (χ0n) is 9.06. The van der Waals surface area contributed by atoms with Gasteiger partial charge in [-0.25, -0.2) is 0 Å². The summed E-state index contributed by atoms with van der Waals surface area (Å²) in [6, 6.07) is 7.87. The first kappa shape index (κ1) is 11.6. The van der Waals surface area contributed by atoms with Crippen molar-refractivity contribution in [3.05, 3.63) is 34.3 Å². The van der Waals surface area contributed by atoms with E-state index in [1.807, 2.05) is 31.3 Å². The molecular weight excluding hydrogens is 270 g/mol. The minimum Gasteiger partial charge on any atom is -0.481 e. The van der Waals surface area contributed by atoms with Crippen LogP contribution >= 0.6 is 15.9 Å². The van der Waals surface area contributed by atoms with Gasteiger partial charge in [0.2, 0.25) is 0 Å². The fraction of sp³-hybridized carbons (Fsp3) is 0.417. The number of nitrogens with zero attached hydrogens (tertiary/aromatic N) is 1. The van der Waals surface area contributed by atoms with Crippen LogP contribution in [0.3, 0.4) is 0 Å². The van der Waals surface area contributed by atoms with E-state index in [4.69, 9.17) is 0 Å². The number of hydrogen-bond acceptors (Lipinski definition) is 2. The van der Waals surface area contributed by atoms with Gasteiger partial charge in [-0.05, 0) is 18.7 Å². The average Bonchev–Trinajstić information content (AvgIpc) is 2.61. The highest BCUT2D eigenvalue weighted by molar-refractivity contribution is 9.10. The normalized spacial score (nSPS) is 25.9. The lowest BCUT2D eigenvalue weighted by Crippen LogP contribution is -2.21. The maximum Gasteiger partial charge on any atom is 0.308 e. The minimum atomic E-state index is -0.704. The van der Waals surface area contributed by atoms with E-state index < -0.39 is 5.97 Å². The largest absolute Gasteiger partial charge is 0.481 e.